The Bertz CT molecular complexity index is 191. The summed E-state index contributed by atoms with van der Waals surface area (Å²) in [6.07, 6.45) is 0. The average Bonchev–Trinajstić information content (AvgIpc) is 2.17. The molecule has 0 aromatic carbocycles. The van der Waals surface area contributed by atoms with E-state index in [0.29, 0.717) is 10.3 Å². The van der Waals surface area contributed by atoms with Crippen LogP contribution in [-0.2, 0) is 139 Å². The SMILES string of the molecule is C[C-](C)C(C)(C)[PH+](C)C.C[C-](C)C(C)(C)[PH+](C)C.[Pd].[Pd].[Y].[Y].[Y]. The largest absolute Gasteiger partial charge is 0.277 e. The van der Waals surface area contributed by atoms with Crippen LogP contribution in [0.2, 0.25) is 0 Å². The van der Waals surface area contributed by atoms with Crippen LogP contribution in [0.15, 0.2) is 0 Å². The third-order valence-corrected chi connectivity index (χ3v) is 11.0. The molecule has 0 fully saturated rings. The van der Waals surface area contributed by atoms with Gasteiger partial charge in [-0.1, -0.05) is 27.7 Å². The fourth-order valence-corrected chi connectivity index (χ4v) is 3.00. The van der Waals surface area contributed by atoms with Gasteiger partial charge in [-0.05, 0) is 26.2 Å². The molecule has 0 nitrogen and oxygen atoms in total. The van der Waals surface area contributed by atoms with Gasteiger partial charge in [0.15, 0.2) is 0 Å². The van der Waals surface area contributed by atoms with Crippen molar-refractivity contribution in [3.63, 3.8) is 0 Å². The first kappa shape index (κ1) is 46.6. The van der Waals surface area contributed by atoms with E-state index in [2.05, 4.69) is 82.0 Å². The third-order valence-electron chi connectivity index (χ3n) is 5.00. The van der Waals surface area contributed by atoms with Crippen LogP contribution >= 0.6 is 15.8 Å². The molecule has 0 saturated heterocycles. The minimum atomic E-state index is -0.147. The van der Waals surface area contributed by atoms with Crippen molar-refractivity contribution in [1.82, 2.24) is 0 Å². The first-order valence-electron chi connectivity index (χ1n) is 7.00. The molecule has 0 aliphatic rings. The molecular weight excluding hydrogens is 734 g/mol. The predicted octanol–water partition coefficient (Wildman–Crippen LogP) is 5.69. The van der Waals surface area contributed by atoms with E-state index in [1.807, 2.05) is 0 Å². The van der Waals surface area contributed by atoms with E-state index in [1.54, 1.807) is 11.8 Å². The molecule has 141 valence electrons. The van der Waals surface area contributed by atoms with Crippen molar-refractivity contribution < 1.29 is 139 Å². The second kappa shape index (κ2) is 22.2. The smallest absolute Gasteiger partial charge is 0.0443 e. The van der Waals surface area contributed by atoms with Gasteiger partial charge in [-0.25, -0.2) is 0 Å². The van der Waals surface area contributed by atoms with Crippen molar-refractivity contribution in [3.05, 3.63) is 11.8 Å². The Morgan fingerprint density at radius 1 is 0.522 bits per heavy atom. The number of hydrogen-bond donors (Lipinski definition) is 0. The minimum Gasteiger partial charge on any atom is -0.277 e. The van der Waals surface area contributed by atoms with Gasteiger partial charge in [0.25, 0.3) is 0 Å². The molecule has 0 heterocycles. The Morgan fingerprint density at radius 3 is 0.652 bits per heavy atom. The summed E-state index contributed by atoms with van der Waals surface area (Å²) in [4.78, 5) is 0. The van der Waals surface area contributed by atoms with E-state index >= 15 is 0 Å². The summed E-state index contributed by atoms with van der Waals surface area (Å²) in [5.41, 5.74) is 0. The first-order chi connectivity index (χ1) is 7.77. The van der Waals surface area contributed by atoms with E-state index in [4.69, 9.17) is 0 Å². The molecule has 0 N–H and O–H groups in total. The molecule has 23 heavy (non-hydrogen) atoms. The van der Waals surface area contributed by atoms with Crippen molar-refractivity contribution >= 4 is 15.8 Å². The summed E-state index contributed by atoms with van der Waals surface area (Å²) in [5, 5.41) is 1.04. The molecule has 0 aliphatic heterocycles. The predicted molar refractivity (Wildman–Crippen MR) is 97.7 cm³/mol. The first-order valence-corrected chi connectivity index (χ1v) is 12.0. The van der Waals surface area contributed by atoms with E-state index in [0.717, 1.165) is 0 Å². The molecule has 0 aromatic rings. The maximum absolute atomic E-state index is 2.37. The molecule has 0 aromatic heterocycles. The van der Waals surface area contributed by atoms with Gasteiger partial charge in [0.2, 0.25) is 0 Å². The van der Waals surface area contributed by atoms with Gasteiger partial charge in [0.1, 0.15) is 0 Å². The molecule has 0 aliphatic carbocycles. The van der Waals surface area contributed by atoms with Gasteiger partial charge in [-0.2, -0.15) is 27.7 Å². The van der Waals surface area contributed by atoms with Crippen LogP contribution in [0.5, 0.6) is 0 Å². The summed E-state index contributed by atoms with van der Waals surface area (Å²) in [5.74, 6) is 3.14. The van der Waals surface area contributed by atoms with Crippen molar-refractivity contribution in [2.45, 2.75) is 65.7 Å². The summed E-state index contributed by atoms with van der Waals surface area (Å²) >= 11 is 0. The monoisotopic (exact) mass is 771 g/mol. The maximum Gasteiger partial charge on any atom is 0.0443 e. The Hall–Kier alpha value is 5.50. The van der Waals surface area contributed by atoms with E-state index in [-0.39, 0.29) is 155 Å². The Balaban J connectivity index is -0.0000000366. The molecule has 0 unspecified atom stereocenters. The Morgan fingerprint density at radius 2 is 0.652 bits per heavy atom. The average molecular weight is 772 g/mol. The zero-order valence-corrected chi connectivity index (χ0v) is 31.0. The van der Waals surface area contributed by atoms with Crippen molar-refractivity contribution in [2.24, 2.45) is 0 Å². The fourth-order valence-electron chi connectivity index (χ4n) is 1.00. The van der Waals surface area contributed by atoms with Crippen molar-refractivity contribution in [2.75, 3.05) is 26.7 Å². The van der Waals surface area contributed by atoms with Gasteiger partial charge in [0.05, 0.1) is 0 Å². The van der Waals surface area contributed by atoms with Crippen LogP contribution in [0.3, 0.4) is 0 Å². The molecule has 0 spiro atoms. The molecule has 0 saturated carbocycles. The van der Waals surface area contributed by atoms with Crippen LogP contribution in [0.4, 0.5) is 0 Å². The topological polar surface area (TPSA) is 0 Å². The molecule has 0 rings (SSSR count). The number of hydrogen-bond acceptors (Lipinski definition) is 0. The summed E-state index contributed by atoms with van der Waals surface area (Å²) < 4.78 is 0. The van der Waals surface area contributed by atoms with Gasteiger partial charge < -0.3 is 0 Å². The Kier molecular flexibility index (Phi) is 45.0. The molecule has 0 amide bonds. The van der Waals surface area contributed by atoms with Gasteiger partial charge in [-0.15, -0.1) is 0 Å². The summed E-state index contributed by atoms with van der Waals surface area (Å²) in [6.45, 7) is 27.8. The number of rotatable bonds is 4. The zero-order valence-electron chi connectivity index (χ0n) is 17.4. The molecule has 0 bridgehead atoms. The van der Waals surface area contributed by atoms with E-state index in [9.17, 15) is 0 Å². The molecule has 3 radical (unpaired) electrons. The van der Waals surface area contributed by atoms with E-state index in [1.165, 1.54) is 0 Å². The van der Waals surface area contributed by atoms with Crippen LogP contribution in [-0.4, -0.2) is 37.0 Å². The summed E-state index contributed by atoms with van der Waals surface area (Å²) in [6, 6.07) is 0. The van der Waals surface area contributed by atoms with Gasteiger partial charge >= 0.3 is 0 Å². The van der Waals surface area contributed by atoms with Crippen LogP contribution in [0.25, 0.3) is 0 Å². The minimum absolute atomic E-state index is 0. The Labute approximate surface area is 254 Å². The van der Waals surface area contributed by atoms with Crippen LogP contribution in [0.1, 0.15) is 55.4 Å². The fraction of sp³-hybridized carbons (Fsp3) is 0.875. The second-order valence-corrected chi connectivity index (χ2v) is 13.8. The van der Waals surface area contributed by atoms with Crippen molar-refractivity contribution in [3.8, 4) is 0 Å². The standard InChI is InChI=1S/2C8H18P.2Pd.3Y/c2*1-7(2)8(3,4)9(5)6;;;;;/h2*1-6H3;;;;;/q2*-1;;;;;/p+2. The maximum atomic E-state index is 2.37. The van der Waals surface area contributed by atoms with Crippen LogP contribution in [0, 0.1) is 11.8 Å². The normalized spacial score (nSPS) is 10.4. The summed E-state index contributed by atoms with van der Waals surface area (Å²) in [7, 11) is -0.295. The van der Waals surface area contributed by atoms with Gasteiger partial charge in [0, 0.05) is 166 Å². The van der Waals surface area contributed by atoms with Gasteiger partial charge in [-0.3, -0.25) is 11.8 Å². The van der Waals surface area contributed by atoms with Crippen molar-refractivity contribution in [1.29, 1.82) is 0 Å². The second-order valence-electron chi connectivity index (χ2n) is 7.25. The molecule has 0 atom stereocenters. The third kappa shape index (κ3) is 20.5. The zero-order chi connectivity index (χ0) is 15.3. The van der Waals surface area contributed by atoms with E-state index < -0.39 is 0 Å². The molecular formula is C16H38P2Pd2Y3. The van der Waals surface area contributed by atoms with Crippen LogP contribution < -0.4 is 0 Å². The molecule has 7 heteroatoms. The quantitative estimate of drug-likeness (QED) is 0.196.